The molecular weight excluding hydrogens is 180 g/mol. The average molecular weight is 198 g/mol. The topological polar surface area (TPSA) is 35.5 Å². The van der Waals surface area contributed by atoms with Gasteiger partial charge in [0.05, 0.1) is 13.7 Å². The normalized spacial score (nSPS) is 27.8. The van der Waals surface area contributed by atoms with Crippen molar-refractivity contribution in [2.75, 3.05) is 20.3 Å². The van der Waals surface area contributed by atoms with Crippen molar-refractivity contribution < 1.29 is 14.3 Å². The maximum Gasteiger partial charge on any atom is 0.333 e. The number of rotatable bonds is 3. The van der Waals surface area contributed by atoms with Crippen molar-refractivity contribution in [1.82, 2.24) is 0 Å². The average Bonchev–Trinajstić information content (AvgIpc) is 2.65. The largest absolute Gasteiger partial charge is 0.466 e. The summed E-state index contributed by atoms with van der Waals surface area (Å²) >= 11 is 0. The van der Waals surface area contributed by atoms with Crippen LogP contribution in [-0.2, 0) is 14.3 Å². The number of carbonyl (C=O) groups excluding carboxylic acids is 1. The third-order valence-corrected chi connectivity index (χ3v) is 2.87. The Kier molecular flexibility index (Phi) is 3.69. The van der Waals surface area contributed by atoms with Crippen molar-refractivity contribution in [2.24, 2.45) is 5.41 Å². The summed E-state index contributed by atoms with van der Waals surface area (Å²) in [5.41, 5.74) is 0.734. The molecule has 1 heterocycles. The molecule has 1 aliphatic heterocycles. The summed E-state index contributed by atoms with van der Waals surface area (Å²) in [4.78, 5) is 11.2. The van der Waals surface area contributed by atoms with E-state index in [1.54, 1.807) is 6.92 Å². The molecule has 0 N–H and O–H groups in total. The number of hydrogen-bond donors (Lipinski definition) is 0. The van der Waals surface area contributed by atoms with Crippen LogP contribution >= 0.6 is 0 Å². The molecule has 1 rings (SSSR count). The van der Waals surface area contributed by atoms with Crippen LogP contribution in [0.15, 0.2) is 11.6 Å². The lowest BCUT2D eigenvalue weighted by molar-refractivity contribution is -0.136. The Hall–Kier alpha value is -0.830. The summed E-state index contributed by atoms with van der Waals surface area (Å²) in [6.45, 7) is 5.42. The van der Waals surface area contributed by atoms with Crippen LogP contribution in [0.5, 0.6) is 0 Å². The Morgan fingerprint density at radius 1 is 1.64 bits per heavy atom. The molecule has 1 unspecified atom stereocenters. The summed E-state index contributed by atoms with van der Waals surface area (Å²) in [5, 5.41) is 0. The maximum absolute atomic E-state index is 11.2. The third kappa shape index (κ3) is 2.35. The van der Waals surface area contributed by atoms with Gasteiger partial charge in [-0.3, -0.25) is 0 Å². The smallest absolute Gasteiger partial charge is 0.333 e. The van der Waals surface area contributed by atoms with E-state index >= 15 is 0 Å². The van der Waals surface area contributed by atoms with Gasteiger partial charge < -0.3 is 9.47 Å². The maximum atomic E-state index is 11.2. The number of ether oxygens (including phenoxy) is 2. The fourth-order valence-corrected chi connectivity index (χ4v) is 1.80. The van der Waals surface area contributed by atoms with Crippen LogP contribution in [-0.4, -0.2) is 26.3 Å². The predicted molar refractivity (Wildman–Crippen MR) is 53.9 cm³/mol. The molecule has 0 aromatic carbocycles. The van der Waals surface area contributed by atoms with Gasteiger partial charge in [0.2, 0.25) is 0 Å². The quantitative estimate of drug-likeness (QED) is 0.513. The van der Waals surface area contributed by atoms with E-state index in [1.807, 2.05) is 6.08 Å². The first kappa shape index (κ1) is 11.2. The van der Waals surface area contributed by atoms with Crippen molar-refractivity contribution in [3.63, 3.8) is 0 Å². The number of hydrogen-bond acceptors (Lipinski definition) is 3. The second-order valence-corrected chi connectivity index (χ2v) is 3.84. The summed E-state index contributed by atoms with van der Waals surface area (Å²) in [7, 11) is 1.41. The molecule has 1 aliphatic rings. The Balaban J connectivity index is 2.76. The minimum Gasteiger partial charge on any atom is -0.466 e. The second-order valence-electron chi connectivity index (χ2n) is 3.84. The minimum absolute atomic E-state index is 0.0538. The van der Waals surface area contributed by atoms with Crippen molar-refractivity contribution in [1.29, 1.82) is 0 Å². The number of carbonyl (C=O) groups is 1. The van der Waals surface area contributed by atoms with E-state index in [0.29, 0.717) is 5.57 Å². The van der Waals surface area contributed by atoms with Crippen LogP contribution in [0.3, 0.4) is 0 Å². The van der Waals surface area contributed by atoms with Crippen molar-refractivity contribution >= 4 is 5.97 Å². The lowest BCUT2D eigenvalue weighted by Crippen LogP contribution is -2.18. The van der Waals surface area contributed by atoms with Gasteiger partial charge in [0.15, 0.2) is 0 Å². The van der Waals surface area contributed by atoms with Gasteiger partial charge in [0.25, 0.3) is 0 Å². The highest BCUT2D eigenvalue weighted by Gasteiger charge is 2.31. The highest BCUT2D eigenvalue weighted by molar-refractivity contribution is 5.87. The first-order valence-electron chi connectivity index (χ1n) is 4.99. The number of esters is 1. The Morgan fingerprint density at radius 2 is 2.36 bits per heavy atom. The first-order valence-corrected chi connectivity index (χ1v) is 4.99. The summed E-state index contributed by atoms with van der Waals surface area (Å²) < 4.78 is 10.0. The molecule has 0 bridgehead atoms. The van der Waals surface area contributed by atoms with E-state index in [9.17, 15) is 4.79 Å². The zero-order valence-corrected chi connectivity index (χ0v) is 9.13. The summed E-state index contributed by atoms with van der Waals surface area (Å²) in [5.74, 6) is -0.246. The molecule has 1 saturated heterocycles. The summed E-state index contributed by atoms with van der Waals surface area (Å²) in [6, 6.07) is 0. The molecule has 0 aromatic heterocycles. The van der Waals surface area contributed by atoms with E-state index in [4.69, 9.17) is 4.74 Å². The molecule has 0 radical (unpaired) electrons. The first-order chi connectivity index (χ1) is 6.63. The number of methoxy groups -OCH3 is 1. The molecule has 0 aliphatic carbocycles. The molecule has 3 nitrogen and oxygen atoms in total. The van der Waals surface area contributed by atoms with Gasteiger partial charge >= 0.3 is 5.97 Å². The Bertz CT molecular complexity index is 237. The van der Waals surface area contributed by atoms with Crippen LogP contribution in [0.2, 0.25) is 0 Å². The van der Waals surface area contributed by atoms with Gasteiger partial charge in [-0.25, -0.2) is 4.79 Å². The molecule has 80 valence electrons. The van der Waals surface area contributed by atoms with Crippen molar-refractivity contribution in [3.8, 4) is 0 Å². The molecule has 1 atom stereocenters. The van der Waals surface area contributed by atoms with Gasteiger partial charge in [-0.15, -0.1) is 0 Å². The molecule has 3 heteroatoms. The van der Waals surface area contributed by atoms with E-state index in [0.717, 1.165) is 26.1 Å². The van der Waals surface area contributed by atoms with E-state index in [1.165, 1.54) is 7.11 Å². The third-order valence-electron chi connectivity index (χ3n) is 2.87. The molecule has 0 aromatic rings. The Labute approximate surface area is 85.1 Å². The van der Waals surface area contributed by atoms with Crippen LogP contribution in [0.1, 0.15) is 26.7 Å². The standard InChI is InChI=1S/C11H18O3/c1-4-11(5-6-14-8-11)7-9(2)10(12)13-3/h7H,4-6,8H2,1-3H3. The minimum atomic E-state index is -0.246. The second kappa shape index (κ2) is 4.60. The van der Waals surface area contributed by atoms with Gasteiger partial charge in [-0.1, -0.05) is 13.0 Å². The van der Waals surface area contributed by atoms with Crippen LogP contribution in [0.4, 0.5) is 0 Å². The van der Waals surface area contributed by atoms with Gasteiger partial charge in [-0.05, 0) is 19.8 Å². The van der Waals surface area contributed by atoms with E-state index in [2.05, 4.69) is 11.7 Å². The lowest BCUT2D eigenvalue weighted by atomic mass is 9.83. The van der Waals surface area contributed by atoms with Gasteiger partial charge in [0, 0.05) is 17.6 Å². The SMILES string of the molecule is CCC1(C=C(C)C(=O)OC)CCOC1. The fourth-order valence-electron chi connectivity index (χ4n) is 1.80. The molecule has 0 saturated carbocycles. The van der Waals surface area contributed by atoms with Gasteiger partial charge in [0.1, 0.15) is 0 Å². The predicted octanol–water partition coefficient (Wildman–Crippen LogP) is 1.92. The van der Waals surface area contributed by atoms with Crippen LogP contribution in [0.25, 0.3) is 0 Å². The highest BCUT2D eigenvalue weighted by Crippen LogP contribution is 2.34. The van der Waals surface area contributed by atoms with Crippen molar-refractivity contribution in [3.05, 3.63) is 11.6 Å². The lowest BCUT2D eigenvalue weighted by Gasteiger charge is -2.21. The zero-order chi connectivity index (χ0) is 10.6. The van der Waals surface area contributed by atoms with Crippen LogP contribution < -0.4 is 0 Å². The van der Waals surface area contributed by atoms with E-state index in [-0.39, 0.29) is 11.4 Å². The molecule has 0 amide bonds. The monoisotopic (exact) mass is 198 g/mol. The fraction of sp³-hybridized carbons (Fsp3) is 0.727. The Morgan fingerprint density at radius 3 is 2.79 bits per heavy atom. The molecule has 0 spiro atoms. The van der Waals surface area contributed by atoms with Crippen molar-refractivity contribution in [2.45, 2.75) is 26.7 Å². The molecule has 14 heavy (non-hydrogen) atoms. The molecular formula is C11H18O3. The zero-order valence-electron chi connectivity index (χ0n) is 9.13. The highest BCUT2D eigenvalue weighted by atomic mass is 16.5. The summed E-state index contributed by atoms with van der Waals surface area (Å²) in [6.07, 6.45) is 4.00. The van der Waals surface area contributed by atoms with Crippen LogP contribution in [0, 0.1) is 5.41 Å². The molecule has 1 fully saturated rings. The van der Waals surface area contributed by atoms with Gasteiger partial charge in [-0.2, -0.15) is 0 Å². The van der Waals surface area contributed by atoms with E-state index < -0.39 is 0 Å².